The van der Waals surface area contributed by atoms with Crippen LogP contribution < -0.4 is 25.1 Å². The molecular formula is C26H28N4O5. The number of amides is 3. The molecule has 182 valence electrons. The first kappa shape index (κ1) is 23.9. The van der Waals surface area contributed by atoms with Gasteiger partial charge in [0.05, 0.1) is 25.8 Å². The highest BCUT2D eigenvalue weighted by molar-refractivity contribution is 6.05. The van der Waals surface area contributed by atoms with Gasteiger partial charge in [-0.25, -0.2) is 0 Å². The third-order valence-corrected chi connectivity index (χ3v) is 6.07. The molecule has 9 heteroatoms. The Morgan fingerprint density at radius 1 is 0.943 bits per heavy atom. The standard InChI is InChI=1S/C26H28N4O5/c1-16-5-6-17(2)30(16)28-26(33)18-7-9-20(10-8-18)27-25(32)19-13-24(31)29(15-19)22-14-21(34-3)11-12-23(22)35-4/h5-12,14,19H,13,15H2,1-4H3,(H,27,32)(H,28,33)/t19-/m0/s1. The normalized spacial score (nSPS) is 15.1. The number of carbonyl (C=O) groups is 3. The van der Waals surface area contributed by atoms with E-state index in [0.717, 1.165) is 11.4 Å². The number of nitrogens with zero attached hydrogens (tertiary/aromatic N) is 2. The predicted molar refractivity (Wildman–Crippen MR) is 133 cm³/mol. The quantitative estimate of drug-likeness (QED) is 0.544. The molecule has 35 heavy (non-hydrogen) atoms. The summed E-state index contributed by atoms with van der Waals surface area (Å²) in [6.07, 6.45) is 0.0856. The van der Waals surface area contributed by atoms with Gasteiger partial charge < -0.3 is 19.7 Å². The van der Waals surface area contributed by atoms with Crippen molar-refractivity contribution in [3.63, 3.8) is 0 Å². The molecule has 1 saturated heterocycles. The van der Waals surface area contributed by atoms with Crippen LogP contribution in [0.15, 0.2) is 54.6 Å². The van der Waals surface area contributed by atoms with Gasteiger partial charge in [0.1, 0.15) is 11.5 Å². The summed E-state index contributed by atoms with van der Waals surface area (Å²) in [4.78, 5) is 39.7. The highest BCUT2D eigenvalue weighted by Crippen LogP contribution is 2.36. The Kier molecular flexibility index (Phi) is 6.77. The Labute approximate surface area is 203 Å². The van der Waals surface area contributed by atoms with E-state index in [0.29, 0.717) is 28.4 Å². The van der Waals surface area contributed by atoms with Crippen molar-refractivity contribution in [3.8, 4) is 11.5 Å². The minimum Gasteiger partial charge on any atom is -0.497 e. The second-order valence-corrected chi connectivity index (χ2v) is 8.40. The summed E-state index contributed by atoms with van der Waals surface area (Å²) in [6.45, 7) is 4.04. The van der Waals surface area contributed by atoms with Gasteiger partial charge in [0.2, 0.25) is 11.8 Å². The number of hydrogen-bond acceptors (Lipinski definition) is 5. The number of rotatable bonds is 7. The fraction of sp³-hybridized carbons (Fsp3) is 0.269. The van der Waals surface area contributed by atoms with E-state index in [1.54, 1.807) is 59.2 Å². The van der Waals surface area contributed by atoms with Crippen LogP contribution in [0.4, 0.5) is 11.4 Å². The Morgan fingerprint density at radius 2 is 1.63 bits per heavy atom. The van der Waals surface area contributed by atoms with Gasteiger partial charge in [-0.15, -0.1) is 0 Å². The van der Waals surface area contributed by atoms with Crippen molar-refractivity contribution in [2.24, 2.45) is 5.92 Å². The molecule has 1 aliphatic heterocycles. The third-order valence-electron chi connectivity index (χ3n) is 6.07. The van der Waals surface area contributed by atoms with E-state index in [2.05, 4.69) is 10.7 Å². The Hall–Kier alpha value is -4.27. The molecule has 0 bridgehead atoms. The molecule has 1 aliphatic rings. The van der Waals surface area contributed by atoms with Gasteiger partial charge in [0.15, 0.2) is 0 Å². The van der Waals surface area contributed by atoms with Crippen LogP contribution in [0, 0.1) is 19.8 Å². The first-order valence-corrected chi connectivity index (χ1v) is 11.2. The van der Waals surface area contributed by atoms with Crippen LogP contribution in [0.1, 0.15) is 28.2 Å². The molecule has 0 saturated carbocycles. The fourth-order valence-electron chi connectivity index (χ4n) is 4.08. The molecule has 0 aliphatic carbocycles. The van der Waals surface area contributed by atoms with Gasteiger partial charge in [-0.2, -0.15) is 0 Å². The largest absolute Gasteiger partial charge is 0.497 e. The lowest BCUT2D eigenvalue weighted by Crippen LogP contribution is -2.28. The maximum Gasteiger partial charge on any atom is 0.270 e. The number of nitrogens with one attached hydrogen (secondary N) is 2. The number of methoxy groups -OCH3 is 2. The highest BCUT2D eigenvalue weighted by Gasteiger charge is 2.36. The summed E-state index contributed by atoms with van der Waals surface area (Å²) in [5, 5.41) is 2.85. The second kappa shape index (κ2) is 9.92. The SMILES string of the molecule is COc1ccc(OC)c(N2C[C@@H](C(=O)Nc3ccc(C(=O)Nn4c(C)ccc4C)cc3)CC2=O)c1. The summed E-state index contributed by atoms with van der Waals surface area (Å²) in [5.74, 6) is -0.0967. The average molecular weight is 477 g/mol. The predicted octanol–water partition coefficient (Wildman–Crippen LogP) is 3.50. The van der Waals surface area contributed by atoms with Crippen LogP contribution in [0.25, 0.3) is 0 Å². The first-order chi connectivity index (χ1) is 16.8. The lowest BCUT2D eigenvalue weighted by atomic mass is 10.1. The van der Waals surface area contributed by atoms with Crippen molar-refractivity contribution < 1.29 is 23.9 Å². The fourth-order valence-corrected chi connectivity index (χ4v) is 4.08. The first-order valence-electron chi connectivity index (χ1n) is 11.2. The number of benzene rings is 2. The summed E-state index contributed by atoms with van der Waals surface area (Å²) < 4.78 is 12.4. The minimum absolute atomic E-state index is 0.0856. The zero-order valence-electron chi connectivity index (χ0n) is 20.1. The lowest BCUT2D eigenvalue weighted by molar-refractivity contribution is -0.122. The molecule has 1 fully saturated rings. The van der Waals surface area contributed by atoms with E-state index >= 15 is 0 Å². The molecule has 9 nitrogen and oxygen atoms in total. The van der Waals surface area contributed by atoms with E-state index in [4.69, 9.17) is 9.47 Å². The summed E-state index contributed by atoms with van der Waals surface area (Å²) in [7, 11) is 3.08. The van der Waals surface area contributed by atoms with E-state index in [-0.39, 0.29) is 30.7 Å². The molecule has 1 aromatic heterocycles. The lowest BCUT2D eigenvalue weighted by Gasteiger charge is -2.20. The van der Waals surface area contributed by atoms with Crippen molar-refractivity contribution in [1.82, 2.24) is 4.68 Å². The Morgan fingerprint density at radius 3 is 2.26 bits per heavy atom. The van der Waals surface area contributed by atoms with E-state index in [9.17, 15) is 14.4 Å². The van der Waals surface area contributed by atoms with Crippen molar-refractivity contribution in [2.75, 3.05) is 36.4 Å². The molecule has 0 unspecified atom stereocenters. The number of aryl methyl sites for hydroxylation is 2. The van der Waals surface area contributed by atoms with Crippen LogP contribution in [0.2, 0.25) is 0 Å². The van der Waals surface area contributed by atoms with E-state index in [1.807, 2.05) is 26.0 Å². The molecule has 3 aromatic rings. The maximum atomic E-state index is 12.9. The number of ether oxygens (including phenoxy) is 2. The van der Waals surface area contributed by atoms with Gasteiger partial charge in [0, 0.05) is 41.7 Å². The van der Waals surface area contributed by atoms with Crippen LogP contribution >= 0.6 is 0 Å². The second-order valence-electron chi connectivity index (χ2n) is 8.40. The zero-order chi connectivity index (χ0) is 25.1. The smallest absolute Gasteiger partial charge is 0.270 e. The Balaban J connectivity index is 1.40. The van der Waals surface area contributed by atoms with Crippen molar-refractivity contribution in [1.29, 1.82) is 0 Å². The van der Waals surface area contributed by atoms with Crippen LogP contribution in [0.5, 0.6) is 11.5 Å². The summed E-state index contributed by atoms with van der Waals surface area (Å²) in [6, 6.07) is 15.7. The molecule has 0 spiro atoms. The molecular weight excluding hydrogens is 448 g/mol. The topological polar surface area (TPSA) is 102 Å². The van der Waals surface area contributed by atoms with Crippen LogP contribution in [-0.4, -0.2) is 43.2 Å². The minimum atomic E-state index is -0.527. The number of carbonyl (C=O) groups excluding carboxylic acids is 3. The molecule has 0 radical (unpaired) electrons. The molecule has 2 N–H and O–H groups in total. The van der Waals surface area contributed by atoms with Crippen molar-refractivity contribution in [3.05, 3.63) is 71.5 Å². The molecule has 4 rings (SSSR count). The zero-order valence-corrected chi connectivity index (χ0v) is 20.1. The van der Waals surface area contributed by atoms with Crippen molar-refractivity contribution >= 4 is 29.1 Å². The van der Waals surface area contributed by atoms with Gasteiger partial charge in [0.25, 0.3) is 5.91 Å². The summed E-state index contributed by atoms with van der Waals surface area (Å²) in [5.41, 5.74) is 6.27. The Bertz CT molecular complexity index is 1250. The van der Waals surface area contributed by atoms with Crippen molar-refractivity contribution in [2.45, 2.75) is 20.3 Å². The molecule has 1 atom stereocenters. The average Bonchev–Trinajstić information content (AvgIpc) is 3.41. The molecule has 2 aromatic carbocycles. The summed E-state index contributed by atoms with van der Waals surface area (Å²) >= 11 is 0. The van der Waals surface area contributed by atoms with Gasteiger partial charge in [-0.3, -0.25) is 24.5 Å². The van der Waals surface area contributed by atoms with Gasteiger partial charge in [-0.05, 0) is 62.4 Å². The van der Waals surface area contributed by atoms with E-state index in [1.165, 1.54) is 7.11 Å². The van der Waals surface area contributed by atoms with Gasteiger partial charge >= 0.3 is 0 Å². The monoisotopic (exact) mass is 476 g/mol. The van der Waals surface area contributed by atoms with Gasteiger partial charge in [-0.1, -0.05) is 0 Å². The number of aromatic nitrogens is 1. The van der Waals surface area contributed by atoms with E-state index < -0.39 is 5.92 Å². The van der Waals surface area contributed by atoms with Crippen LogP contribution in [0.3, 0.4) is 0 Å². The van der Waals surface area contributed by atoms with Crippen LogP contribution in [-0.2, 0) is 9.59 Å². The number of anilines is 2. The molecule has 3 amide bonds. The number of hydrogen-bond donors (Lipinski definition) is 2. The molecule has 2 heterocycles. The highest BCUT2D eigenvalue weighted by atomic mass is 16.5. The maximum absolute atomic E-state index is 12.9. The third kappa shape index (κ3) is 4.98.